The highest BCUT2D eigenvalue weighted by atomic mass is 32.1. The molecule has 30 heavy (non-hydrogen) atoms. The quantitative estimate of drug-likeness (QED) is 0.483. The van der Waals surface area contributed by atoms with Crippen LogP contribution in [0.4, 0.5) is 10.2 Å². The molecular weight excluding hydrogens is 409 g/mol. The molecule has 1 saturated carbocycles. The van der Waals surface area contributed by atoms with Gasteiger partial charge in [-0.2, -0.15) is 0 Å². The molecule has 0 aromatic carbocycles. The second-order valence-electron chi connectivity index (χ2n) is 7.07. The number of halogens is 1. The number of hydrogen-bond acceptors (Lipinski definition) is 9. The maximum Gasteiger partial charge on any atom is 0.434 e. The minimum Gasteiger partial charge on any atom is -0.387 e. The predicted molar refractivity (Wildman–Crippen MR) is 107 cm³/mol. The van der Waals surface area contributed by atoms with Crippen molar-refractivity contribution >= 4 is 17.2 Å². The fourth-order valence-electron chi connectivity index (χ4n) is 3.50. The lowest BCUT2D eigenvalue weighted by Crippen LogP contribution is -2.42. The van der Waals surface area contributed by atoms with Gasteiger partial charge in [0.05, 0.1) is 11.9 Å². The third-order valence-electron chi connectivity index (χ3n) is 5.22. The molecule has 4 aromatic rings. The molecule has 1 aliphatic carbocycles. The van der Waals surface area contributed by atoms with Crippen molar-refractivity contribution in [2.24, 2.45) is 0 Å². The summed E-state index contributed by atoms with van der Waals surface area (Å²) in [7, 11) is 0. The van der Waals surface area contributed by atoms with Crippen LogP contribution in [0.2, 0.25) is 0 Å². The van der Waals surface area contributed by atoms with Crippen molar-refractivity contribution in [3.8, 4) is 21.5 Å². The lowest BCUT2D eigenvalue weighted by Gasteiger charge is -2.41. The minimum atomic E-state index is -0.620. The van der Waals surface area contributed by atoms with Crippen molar-refractivity contribution in [1.82, 2.24) is 30.4 Å². The molecule has 0 unspecified atom stereocenters. The van der Waals surface area contributed by atoms with Gasteiger partial charge in [-0.1, -0.05) is 6.42 Å². The minimum absolute atomic E-state index is 0.183. The molecule has 0 bridgehead atoms. The second-order valence-corrected chi connectivity index (χ2v) is 8.10. The summed E-state index contributed by atoms with van der Waals surface area (Å²) in [6.07, 6.45) is 6.00. The Morgan fingerprint density at radius 3 is 2.80 bits per heavy atom. The van der Waals surface area contributed by atoms with E-state index in [1.165, 1.54) is 17.4 Å². The number of rotatable bonds is 6. The Labute approximate surface area is 173 Å². The van der Waals surface area contributed by atoms with Crippen molar-refractivity contribution in [2.75, 3.05) is 11.9 Å². The molecule has 0 aliphatic heterocycles. The molecule has 0 amide bonds. The first-order chi connectivity index (χ1) is 14.6. The maximum atomic E-state index is 14.2. The summed E-state index contributed by atoms with van der Waals surface area (Å²) in [5, 5.41) is 18.3. The topological polar surface area (TPSA) is 122 Å². The first kappa shape index (κ1) is 18.6. The highest BCUT2D eigenvalue weighted by molar-refractivity contribution is 7.18. The average Bonchev–Trinajstić information content (AvgIpc) is 3.38. The van der Waals surface area contributed by atoms with Crippen LogP contribution in [0.5, 0.6) is 0 Å². The Balaban J connectivity index is 1.29. The fraction of sp³-hybridized carbons (Fsp3) is 0.263. The highest BCUT2D eigenvalue weighted by Crippen LogP contribution is 2.43. The molecule has 0 radical (unpaired) electrons. The van der Waals surface area contributed by atoms with Gasteiger partial charge in [0, 0.05) is 18.2 Å². The number of thiazole rings is 1. The van der Waals surface area contributed by atoms with Gasteiger partial charge in [-0.25, -0.2) is 19.3 Å². The SMILES string of the molecule is O=c1[nH]nc(-c2cnc(-c3ccc(NCC4(c5ncccc5F)CCC4)nn3)s2)o1. The molecular formula is C19H16FN7O2S. The molecule has 4 heterocycles. The molecule has 0 spiro atoms. The van der Waals surface area contributed by atoms with Crippen molar-refractivity contribution < 1.29 is 8.81 Å². The highest BCUT2D eigenvalue weighted by Gasteiger charge is 2.41. The van der Waals surface area contributed by atoms with Gasteiger partial charge in [-0.05, 0) is 37.1 Å². The number of anilines is 1. The number of H-pyrrole nitrogens is 1. The van der Waals surface area contributed by atoms with Gasteiger partial charge in [0.2, 0.25) is 0 Å². The van der Waals surface area contributed by atoms with E-state index in [-0.39, 0.29) is 17.1 Å². The summed E-state index contributed by atoms with van der Waals surface area (Å²) in [6.45, 7) is 0.536. The number of nitrogens with one attached hydrogen (secondary N) is 2. The number of nitrogens with zero attached hydrogens (tertiary/aromatic N) is 5. The number of pyridine rings is 1. The van der Waals surface area contributed by atoms with Gasteiger partial charge in [-0.3, -0.25) is 4.98 Å². The van der Waals surface area contributed by atoms with E-state index in [9.17, 15) is 9.18 Å². The maximum absolute atomic E-state index is 14.2. The predicted octanol–water partition coefficient (Wildman–Crippen LogP) is 3.01. The van der Waals surface area contributed by atoms with Crippen LogP contribution < -0.4 is 11.1 Å². The number of hydrogen-bond donors (Lipinski definition) is 2. The number of aromatic nitrogens is 6. The third kappa shape index (κ3) is 3.36. The smallest absolute Gasteiger partial charge is 0.387 e. The number of aromatic amines is 1. The van der Waals surface area contributed by atoms with E-state index >= 15 is 0 Å². The van der Waals surface area contributed by atoms with Crippen molar-refractivity contribution in [3.05, 3.63) is 58.7 Å². The van der Waals surface area contributed by atoms with E-state index in [1.807, 2.05) is 0 Å². The first-order valence-electron chi connectivity index (χ1n) is 9.34. The van der Waals surface area contributed by atoms with E-state index in [1.54, 1.807) is 30.6 Å². The summed E-state index contributed by atoms with van der Waals surface area (Å²) in [5.41, 5.74) is 0.779. The van der Waals surface area contributed by atoms with E-state index in [0.717, 1.165) is 19.3 Å². The first-order valence-corrected chi connectivity index (χ1v) is 10.2. The van der Waals surface area contributed by atoms with Crippen LogP contribution in [0.15, 0.2) is 45.9 Å². The standard InChI is InChI=1S/C19H16FN7O2S/c20-11-3-1-8-21-15(11)19(6-2-7-19)10-23-14-5-4-12(24-25-14)17-22-9-13(30-17)16-26-27-18(28)29-16/h1,3-5,8-9H,2,6-7,10H2,(H,23,25)(H,27,28). The molecule has 2 N–H and O–H groups in total. The van der Waals surface area contributed by atoms with E-state index in [4.69, 9.17) is 4.42 Å². The van der Waals surface area contributed by atoms with Crippen LogP contribution in [-0.4, -0.2) is 36.9 Å². The monoisotopic (exact) mass is 425 g/mol. The lowest BCUT2D eigenvalue weighted by molar-refractivity contribution is 0.243. The van der Waals surface area contributed by atoms with Gasteiger partial charge in [0.1, 0.15) is 27.2 Å². The fourth-order valence-corrected chi connectivity index (χ4v) is 4.31. The Kier molecular flexibility index (Phi) is 4.58. The van der Waals surface area contributed by atoms with Crippen molar-refractivity contribution in [2.45, 2.75) is 24.7 Å². The second kappa shape index (κ2) is 7.41. The lowest BCUT2D eigenvalue weighted by atomic mass is 9.66. The van der Waals surface area contributed by atoms with Crippen LogP contribution in [0.3, 0.4) is 0 Å². The van der Waals surface area contributed by atoms with Gasteiger partial charge < -0.3 is 9.73 Å². The zero-order valence-electron chi connectivity index (χ0n) is 15.6. The van der Waals surface area contributed by atoms with E-state index < -0.39 is 5.76 Å². The molecule has 9 nitrogen and oxygen atoms in total. The Hall–Kier alpha value is -3.47. The molecule has 4 aromatic heterocycles. The molecule has 0 atom stereocenters. The molecule has 152 valence electrons. The van der Waals surface area contributed by atoms with Crippen LogP contribution in [-0.2, 0) is 5.41 Å². The molecule has 5 rings (SSSR count). The Morgan fingerprint density at radius 1 is 1.23 bits per heavy atom. The van der Waals surface area contributed by atoms with Crippen LogP contribution >= 0.6 is 11.3 Å². The molecule has 1 fully saturated rings. The largest absolute Gasteiger partial charge is 0.434 e. The Morgan fingerprint density at radius 2 is 2.13 bits per heavy atom. The van der Waals surface area contributed by atoms with Gasteiger partial charge in [0.25, 0.3) is 5.89 Å². The summed E-state index contributed by atoms with van der Waals surface area (Å²) < 4.78 is 19.2. The molecule has 1 aliphatic rings. The van der Waals surface area contributed by atoms with Crippen LogP contribution in [0.25, 0.3) is 21.5 Å². The van der Waals surface area contributed by atoms with Gasteiger partial charge in [-0.15, -0.1) is 26.6 Å². The Bertz CT molecular complexity index is 1230. The van der Waals surface area contributed by atoms with E-state index in [2.05, 4.69) is 35.7 Å². The average molecular weight is 425 g/mol. The summed E-state index contributed by atoms with van der Waals surface area (Å²) >= 11 is 1.29. The van der Waals surface area contributed by atoms with Gasteiger partial charge in [0.15, 0.2) is 0 Å². The normalized spacial score (nSPS) is 15.0. The zero-order chi connectivity index (χ0) is 20.6. The molecule has 11 heteroatoms. The van der Waals surface area contributed by atoms with Crippen LogP contribution in [0.1, 0.15) is 25.0 Å². The van der Waals surface area contributed by atoms with Crippen LogP contribution in [0, 0.1) is 5.82 Å². The zero-order valence-corrected chi connectivity index (χ0v) is 16.4. The summed E-state index contributed by atoms with van der Waals surface area (Å²) in [4.78, 5) is 20.3. The summed E-state index contributed by atoms with van der Waals surface area (Å²) in [6, 6.07) is 6.66. The van der Waals surface area contributed by atoms with Crippen molar-refractivity contribution in [3.63, 3.8) is 0 Å². The molecule has 0 saturated heterocycles. The van der Waals surface area contributed by atoms with Gasteiger partial charge >= 0.3 is 5.76 Å². The van der Waals surface area contributed by atoms with E-state index in [0.29, 0.717) is 33.6 Å². The summed E-state index contributed by atoms with van der Waals surface area (Å²) in [5.74, 6) is -0.114. The third-order valence-corrected chi connectivity index (χ3v) is 6.23. The van der Waals surface area contributed by atoms with Crippen molar-refractivity contribution in [1.29, 1.82) is 0 Å².